The summed E-state index contributed by atoms with van der Waals surface area (Å²) in [7, 11) is 0. The summed E-state index contributed by atoms with van der Waals surface area (Å²) in [5.41, 5.74) is 0. The molecule has 0 bridgehead atoms. The van der Waals surface area contributed by atoms with Crippen LogP contribution in [-0.4, -0.2) is 11.2 Å². The van der Waals surface area contributed by atoms with E-state index in [4.69, 9.17) is 0 Å². The number of hydrogen-bond acceptors (Lipinski definition) is 1. The van der Waals surface area contributed by atoms with Crippen LogP contribution in [0, 0.1) is 17.8 Å². The Morgan fingerprint density at radius 3 is 1.95 bits per heavy atom. The van der Waals surface area contributed by atoms with Gasteiger partial charge in [0.1, 0.15) is 0 Å². The third-order valence-corrected chi connectivity index (χ3v) is 5.43. The zero-order valence-corrected chi connectivity index (χ0v) is 14.9. The lowest BCUT2D eigenvalue weighted by molar-refractivity contribution is 0.112. The Bertz CT molecular complexity index is 236. The second-order valence-corrected chi connectivity index (χ2v) is 8.00. The van der Waals surface area contributed by atoms with Crippen molar-refractivity contribution in [1.82, 2.24) is 0 Å². The minimum absolute atomic E-state index is 0.0514. The monoisotopic (exact) mass is 296 g/mol. The van der Waals surface area contributed by atoms with Gasteiger partial charge >= 0.3 is 0 Å². The van der Waals surface area contributed by atoms with Gasteiger partial charge in [-0.2, -0.15) is 0 Å². The van der Waals surface area contributed by atoms with Crippen molar-refractivity contribution in [2.45, 2.75) is 110 Å². The van der Waals surface area contributed by atoms with Crippen molar-refractivity contribution in [2.24, 2.45) is 17.8 Å². The molecule has 0 radical (unpaired) electrons. The Labute approximate surface area is 133 Å². The SMILES string of the molecule is CC(C)CCC1CCCCCCCCCCC(O)CC1C. The first kappa shape index (κ1) is 19.0. The molecule has 1 rings (SSSR count). The fraction of sp³-hybridized carbons (Fsp3) is 1.00. The van der Waals surface area contributed by atoms with E-state index < -0.39 is 0 Å². The number of aliphatic hydroxyl groups excluding tert-OH is 1. The van der Waals surface area contributed by atoms with Gasteiger partial charge in [0.25, 0.3) is 0 Å². The summed E-state index contributed by atoms with van der Waals surface area (Å²) >= 11 is 0. The number of rotatable bonds is 3. The molecule has 1 N–H and O–H groups in total. The third kappa shape index (κ3) is 9.55. The van der Waals surface area contributed by atoms with Gasteiger partial charge < -0.3 is 5.11 Å². The van der Waals surface area contributed by atoms with Gasteiger partial charge in [0.05, 0.1) is 6.10 Å². The molecule has 126 valence electrons. The fourth-order valence-corrected chi connectivity index (χ4v) is 3.85. The van der Waals surface area contributed by atoms with Gasteiger partial charge in [-0.3, -0.25) is 0 Å². The quantitative estimate of drug-likeness (QED) is 0.644. The van der Waals surface area contributed by atoms with E-state index in [9.17, 15) is 5.11 Å². The highest BCUT2D eigenvalue weighted by Crippen LogP contribution is 2.30. The van der Waals surface area contributed by atoms with Crippen LogP contribution in [0.5, 0.6) is 0 Å². The molecule has 3 unspecified atom stereocenters. The molecule has 1 aliphatic rings. The normalized spacial score (nSPS) is 31.0. The molecule has 1 saturated carbocycles. The lowest BCUT2D eigenvalue weighted by atomic mass is 9.80. The van der Waals surface area contributed by atoms with E-state index in [-0.39, 0.29) is 6.10 Å². The topological polar surface area (TPSA) is 20.2 Å². The van der Waals surface area contributed by atoms with Gasteiger partial charge in [-0.15, -0.1) is 0 Å². The van der Waals surface area contributed by atoms with Crippen LogP contribution in [-0.2, 0) is 0 Å². The van der Waals surface area contributed by atoms with Crippen molar-refractivity contribution in [3.05, 3.63) is 0 Å². The van der Waals surface area contributed by atoms with Crippen LogP contribution < -0.4 is 0 Å². The molecule has 3 atom stereocenters. The summed E-state index contributed by atoms with van der Waals surface area (Å²) in [5, 5.41) is 10.3. The second kappa shape index (κ2) is 11.5. The van der Waals surface area contributed by atoms with Gasteiger partial charge in [0.2, 0.25) is 0 Å². The molecule has 0 aromatic heterocycles. The van der Waals surface area contributed by atoms with E-state index in [0.717, 1.165) is 24.7 Å². The smallest absolute Gasteiger partial charge is 0.0542 e. The Morgan fingerprint density at radius 1 is 0.857 bits per heavy atom. The first-order valence-corrected chi connectivity index (χ1v) is 9.77. The molecule has 1 nitrogen and oxygen atoms in total. The molecule has 21 heavy (non-hydrogen) atoms. The highest BCUT2D eigenvalue weighted by molar-refractivity contribution is 4.72. The van der Waals surface area contributed by atoms with Crippen LogP contribution in [0.1, 0.15) is 104 Å². The van der Waals surface area contributed by atoms with Crippen LogP contribution in [0.2, 0.25) is 0 Å². The summed E-state index contributed by atoms with van der Waals surface area (Å²) in [6.45, 7) is 7.06. The average Bonchev–Trinajstić information content (AvgIpc) is 2.42. The van der Waals surface area contributed by atoms with E-state index in [1.54, 1.807) is 0 Å². The third-order valence-electron chi connectivity index (χ3n) is 5.43. The van der Waals surface area contributed by atoms with Crippen LogP contribution in [0.3, 0.4) is 0 Å². The molecule has 1 fully saturated rings. The molecular weight excluding hydrogens is 256 g/mol. The second-order valence-electron chi connectivity index (χ2n) is 8.00. The molecule has 0 amide bonds. The van der Waals surface area contributed by atoms with Crippen LogP contribution in [0.4, 0.5) is 0 Å². The summed E-state index contributed by atoms with van der Waals surface area (Å²) in [6.07, 6.45) is 17.1. The molecular formula is C20H40O. The predicted octanol–water partition coefficient (Wildman–Crippen LogP) is 6.34. The maximum Gasteiger partial charge on any atom is 0.0542 e. The van der Waals surface area contributed by atoms with E-state index >= 15 is 0 Å². The minimum Gasteiger partial charge on any atom is -0.393 e. The number of hydrogen-bond donors (Lipinski definition) is 1. The van der Waals surface area contributed by atoms with Crippen LogP contribution in [0.25, 0.3) is 0 Å². The minimum atomic E-state index is -0.0514. The van der Waals surface area contributed by atoms with E-state index in [1.165, 1.54) is 70.6 Å². The van der Waals surface area contributed by atoms with Gasteiger partial charge in [0.15, 0.2) is 0 Å². The van der Waals surface area contributed by atoms with Gasteiger partial charge in [0, 0.05) is 0 Å². The van der Waals surface area contributed by atoms with Gasteiger partial charge in [-0.25, -0.2) is 0 Å². The fourth-order valence-electron chi connectivity index (χ4n) is 3.85. The first-order chi connectivity index (χ1) is 10.1. The van der Waals surface area contributed by atoms with E-state index in [2.05, 4.69) is 20.8 Å². The van der Waals surface area contributed by atoms with Gasteiger partial charge in [-0.1, -0.05) is 85.0 Å². The summed E-state index contributed by atoms with van der Waals surface area (Å²) in [6, 6.07) is 0. The Morgan fingerprint density at radius 2 is 1.38 bits per heavy atom. The Hall–Kier alpha value is -0.0400. The summed E-state index contributed by atoms with van der Waals surface area (Å²) in [4.78, 5) is 0. The largest absolute Gasteiger partial charge is 0.393 e. The highest BCUT2D eigenvalue weighted by Gasteiger charge is 2.20. The summed E-state index contributed by atoms with van der Waals surface area (Å²) in [5.74, 6) is 2.35. The van der Waals surface area contributed by atoms with Gasteiger partial charge in [-0.05, 0) is 37.0 Å². The highest BCUT2D eigenvalue weighted by atomic mass is 16.3. The molecule has 1 heteroatoms. The maximum absolute atomic E-state index is 10.3. The van der Waals surface area contributed by atoms with Crippen molar-refractivity contribution in [1.29, 1.82) is 0 Å². The van der Waals surface area contributed by atoms with Crippen molar-refractivity contribution >= 4 is 0 Å². The summed E-state index contributed by atoms with van der Waals surface area (Å²) < 4.78 is 0. The predicted molar refractivity (Wildman–Crippen MR) is 93.5 cm³/mol. The molecule has 0 aliphatic heterocycles. The maximum atomic E-state index is 10.3. The Kier molecular flexibility index (Phi) is 10.4. The van der Waals surface area contributed by atoms with Crippen LogP contribution >= 0.6 is 0 Å². The van der Waals surface area contributed by atoms with Crippen molar-refractivity contribution in [3.8, 4) is 0 Å². The lowest BCUT2D eigenvalue weighted by Gasteiger charge is -2.27. The molecule has 0 aromatic carbocycles. The lowest BCUT2D eigenvalue weighted by Crippen LogP contribution is -2.19. The molecule has 0 saturated heterocycles. The average molecular weight is 297 g/mol. The van der Waals surface area contributed by atoms with E-state index in [1.807, 2.05) is 0 Å². The molecule has 0 heterocycles. The Balaban J connectivity index is 2.47. The van der Waals surface area contributed by atoms with Crippen molar-refractivity contribution < 1.29 is 5.11 Å². The standard InChI is InChI=1S/C20H40O/c1-17(2)14-15-19-12-10-8-6-4-5-7-9-11-13-20(21)16-18(19)3/h17-21H,4-16H2,1-3H3. The molecule has 0 spiro atoms. The van der Waals surface area contributed by atoms with Crippen molar-refractivity contribution in [3.63, 3.8) is 0 Å². The molecule has 0 aromatic rings. The van der Waals surface area contributed by atoms with Crippen LogP contribution in [0.15, 0.2) is 0 Å². The zero-order valence-electron chi connectivity index (χ0n) is 14.9. The first-order valence-electron chi connectivity index (χ1n) is 9.77. The van der Waals surface area contributed by atoms with E-state index in [0.29, 0.717) is 5.92 Å². The molecule has 1 aliphatic carbocycles. The van der Waals surface area contributed by atoms with Crippen molar-refractivity contribution in [2.75, 3.05) is 0 Å². The zero-order chi connectivity index (χ0) is 15.5. The number of aliphatic hydroxyl groups is 1.